The highest BCUT2D eigenvalue weighted by molar-refractivity contribution is 14.1. The number of aromatic nitrogens is 2. The first-order chi connectivity index (χ1) is 9.61. The van der Waals surface area contributed by atoms with Crippen molar-refractivity contribution in [1.82, 2.24) is 9.97 Å². The summed E-state index contributed by atoms with van der Waals surface area (Å²) in [5.41, 5.74) is 1.18. The van der Waals surface area contributed by atoms with E-state index in [1.165, 1.54) is 31.4 Å². The van der Waals surface area contributed by atoms with E-state index in [0.717, 1.165) is 34.8 Å². The third-order valence-corrected chi connectivity index (χ3v) is 4.77. The van der Waals surface area contributed by atoms with Crippen LogP contribution in [0.15, 0.2) is 0 Å². The Kier molecular flexibility index (Phi) is 5.86. The van der Waals surface area contributed by atoms with Crippen molar-refractivity contribution in [2.24, 2.45) is 5.92 Å². The normalized spacial score (nSPS) is 16.4. The van der Waals surface area contributed by atoms with Crippen molar-refractivity contribution in [3.63, 3.8) is 0 Å². The minimum atomic E-state index is 0.611. The van der Waals surface area contributed by atoms with Crippen LogP contribution >= 0.6 is 22.6 Å². The molecule has 20 heavy (non-hydrogen) atoms. The molecule has 1 aromatic rings. The fourth-order valence-corrected chi connectivity index (χ4v) is 3.31. The van der Waals surface area contributed by atoms with Crippen LogP contribution < -0.4 is 10.2 Å². The third kappa shape index (κ3) is 3.96. The molecule has 0 bridgehead atoms. The quantitative estimate of drug-likeness (QED) is 0.799. The van der Waals surface area contributed by atoms with Crippen LogP contribution in [0.1, 0.15) is 45.2 Å². The summed E-state index contributed by atoms with van der Waals surface area (Å²) < 4.78 is 1.16. The summed E-state index contributed by atoms with van der Waals surface area (Å²) in [5, 5.41) is 3.22. The first-order valence-corrected chi connectivity index (χ1v) is 8.68. The van der Waals surface area contributed by atoms with Crippen LogP contribution in [0, 0.1) is 9.49 Å². The lowest BCUT2D eigenvalue weighted by Gasteiger charge is -2.22. The highest BCUT2D eigenvalue weighted by Crippen LogP contribution is 2.25. The molecule has 4 nitrogen and oxygen atoms in total. The molecule has 0 atom stereocenters. The zero-order chi connectivity index (χ0) is 14.5. The third-order valence-electron chi connectivity index (χ3n) is 3.64. The molecule has 1 aliphatic rings. The van der Waals surface area contributed by atoms with E-state index in [1.54, 1.807) is 0 Å². The summed E-state index contributed by atoms with van der Waals surface area (Å²) in [6.45, 7) is 6.65. The molecule has 1 saturated heterocycles. The molecule has 112 valence electrons. The minimum absolute atomic E-state index is 0.611. The summed E-state index contributed by atoms with van der Waals surface area (Å²) in [4.78, 5) is 11.9. The van der Waals surface area contributed by atoms with E-state index >= 15 is 0 Å². The van der Waals surface area contributed by atoms with Gasteiger partial charge in [0.15, 0.2) is 0 Å². The Balaban J connectivity index is 2.31. The molecule has 0 unspecified atom stereocenters. The number of nitrogens with zero attached hydrogens (tertiary/aromatic N) is 3. The molecule has 0 aromatic carbocycles. The Labute approximate surface area is 135 Å². The van der Waals surface area contributed by atoms with Crippen LogP contribution in [0.5, 0.6) is 0 Å². The monoisotopic (exact) mass is 388 g/mol. The molecule has 1 aromatic heterocycles. The van der Waals surface area contributed by atoms with Crippen molar-refractivity contribution in [2.75, 3.05) is 30.4 Å². The van der Waals surface area contributed by atoms with Gasteiger partial charge in [-0.05, 0) is 47.8 Å². The van der Waals surface area contributed by atoms with E-state index in [9.17, 15) is 0 Å². The Bertz CT molecular complexity index is 440. The Morgan fingerprint density at radius 1 is 1.15 bits per heavy atom. The molecule has 1 fully saturated rings. The van der Waals surface area contributed by atoms with Gasteiger partial charge in [0.25, 0.3) is 0 Å². The SMILES string of the molecule is CNc1nc(N2CCCCCC2)nc(CC(C)C)c1I. The Morgan fingerprint density at radius 3 is 2.35 bits per heavy atom. The molecule has 0 spiro atoms. The molecule has 0 amide bonds. The first kappa shape index (κ1) is 15.8. The van der Waals surface area contributed by atoms with Gasteiger partial charge in [-0.2, -0.15) is 4.98 Å². The molecular formula is C15H25IN4. The zero-order valence-electron chi connectivity index (χ0n) is 12.7. The van der Waals surface area contributed by atoms with Crippen LogP contribution in [-0.4, -0.2) is 30.1 Å². The van der Waals surface area contributed by atoms with Gasteiger partial charge in [-0.1, -0.05) is 26.7 Å². The number of halogens is 1. The van der Waals surface area contributed by atoms with Gasteiger partial charge in [-0.3, -0.25) is 0 Å². The molecule has 5 heteroatoms. The van der Waals surface area contributed by atoms with Gasteiger partial charge in [0, 0.05) is 20.1 Å². The van der Waals surface area contributed by atoms with E-state index < -0.39 is 0 Å². The van der Waals surface area contributed by atoms with Crippen molar-refractivity contribution >= 4 is 34.4 Å². The maximum atomic E-state index is 4.85. The number of hydrogen-bond donors (Lipinski definition) is 1. The average molecular weight is 388 g/mol. The molecule has 1 N–H and O–H groups in total. The minimum Gasteiger partial charge on any atom is -0.372 e. The van der Waals surface area contributed by atoms with Gasteiger partial charge in [0.2, 0.25) is 5.95 Å². The van der Waals surface area contributed by atoms with Crippen LogP contribution in [0.25, 0.3) is 0 Å². The fourth-order valence-electron chi connectivity index (χ4n) is 2.58. The standard InChI is InChI=1S/C15H25IN4/c1-11(2)10-12-13(16)14(17-3)19-15(18-12)20-8-6-4-5-7-9-20/h11H,4-10H2,1-3H3,(H,17,18,19). The van der Waals surface area contributed by atoms with Crippen LogP contribution in [-0.2, 0) is 6.42 Å². The maximum absolute atomic E-state index is 4.85. The lowest BCUT2D eigenvalue weighted by atomic mass is 10.1. The Morgan fingerprint density at radius 2 is 1.80 bits per heavy atom. The smallest absolute Gasteiger partial charge is 0.227 e. The van der Waals surface area contributed by atoms with Gasteiger partial charge in [-0.15, -0.1) is 0 Å². The highest BCUT2D eigenvalue weighted by Gasteiger charge is 2.17. The van der Waals surface area contributed by atoms with E-state index in [1.807, 2.05) is 7.05 Å². The largest absolute Gasteiger partial charge is 0.372 e. The van der Waals surface area contributed by atoms with Crippen molar-refractivity contribution < 1.29 is 0 Å². The predicted molar refractivity (Wildman–Crippen MR) is 93.5 cm³/mol. The lowest BCUT2D eigenvalue weighted by Crippen LogP contribution is -2.27. The van der Waals surface area contributed by atoms with E-state index in [2.05, 4.69) is 46.7 Å². The second kappa shape index (κ2) is 7.43. The van der Waals surface area contributed by atoms with Crippen LogP contribution in [0.4, 0.5) is 11.8 Å². The topological polar surface area (TPSA) is 41.1 Å². The van der Waals surface area contributed by atoms with E-state index in [4.69, 9.17) is 9.97 Å². The molecule has 0 saturated carbocycles. The summed E-state index contributed by atoms with van der Waals surface area (Å²) in [5.74, 6) is 2.49. The van der Waals surface area contributed by atoms with Crippen molar-refractivity contribution in [1.29, 1.82) is 0 Å². The second-order valence-corrected chi connectivity index (χ2v) is 6.96. The summed E-state index contributed by atoms with van der Waals surface area (Å²) in [6.07, 6.45) is 6.18. The molecular weight excluding hydrogens is 363 g/mol. The predicted octanol–water partition coefficient (Wildman–Crippen LogP) is 3.70. The van der Waals surface area contributed by atoms with Gasteiger partial charge in [0.1, 0.15) is 5.82 Å². The van der Waals surface area contributed by atoms with E-state index in [-0.39, 0.29) is 0 Å². The highest BCUT2D eigenvalue weighted by atomic mass is 127. The number of hydrogen-bond acceptors (Lipinski definition) is 4. The van der Waals surface area contributed by atoms with Crippen LogP contribution in [0.2, 0.25) is 0 Å². The summed E-state index contributed by atoms with van der Waals surface area (Å²) in [7, 11) is 1.94. The molecule has 2 rings (SSSR count). The molecule has 1 aliphatic heterocycles. The van der Waals surface area contributed by atoms with Gasteiger partial charge < -0.3 is 10.2 Å². The first-order valence-electron chi connectivity index (χ1n) is 7.61. The fraction of sp³-hybridized carbons (Fsp3) is 0.733. The number of rotatable bonds is 4. The molecule has 2 heterocycles. The summed E-state index contributed by atoms with van der Waals surface area (Å²) in [6, 6.07) is 0. The zero-order valence-corrected chi connectivity index (χ0v) is 14.9. The number of anilines is 2. The van der Waals surface area contributed by atoms with Gasteiger partial charge in [0.05, 0.1) is 9.26 Å². The maximum Gasteiger partial charge on any atom is 0.227 e. The van der Waals surface area contributed by atoms with Crippen LogP contribution in [0.3, 0.4) is 0 Å². The second-order valence-electron chi connectivity index (χ2n) is 5.88. The van der Waals surface area contributed by atoms with Gasteiger partial charge in [-0.25, -0.2) is 4.98 Å². The van der Waals surface area contributed by atoms with Crippen molar-refractivity contribution in [2.45, 2.75) is 46.0 Å². The number of nitrogens with one attached hydrogen (secondary N) is 1. The van der Waals surface area contributed by atoms with Crippen molar-refractivity contribution in [3.05, 3.63) is 9.26 Å². The molecule has 0 radical (unpaired) electrons. The lowest BCUT2D eigenvalue weighted by molar-refractivity contribution is 0.629. The van der Waals surface area contributed by atoms with E-state index in [0.29, 0.717) is 5.92 Å². The van der Waals surface area contributed by atoms with Gasteiger partial charge >= 0.3 is 0 Å². The molecule has 0 aliphatic carbocycles. The van der Waals surface area contributed by atoms with Crippen molar-refractivity contribution in [3.8, 4) is 0 Å². The summed E-state index contributed by atoms with van der Waals surface area (Å²) >= 11 is 2.36. The Hall–Kier alpha value is -0.590. The average Bonchev–Trinajstić information content (AvgIpc) is 2.69.